The van der Waals surface area contributed by atoms with Crippen molar-refractivity contribution in [3.63, 3.8) is 0 Å². The highest BCUT2D eigenvalue weighted by Gasteiger charge is 2.51. The normalized spacial score (nSPS) is 23.9. The van der Waals surface area contributed by atoms with Gasteiger partial charge in [-0.3, -0.25) is 4.57 Å². The van der Waals surface area contributed by atoms with E-state index in [2.05, 4.69) is 20.9 Å². The molecule has 12 heteroatoms. The van der Waals surface area contributed by atoms with Gasteiger partial charge in [-0.15, -0.1) is 6.42 Å². The molecule has 0 bridgehead atoms. The number of carbonyl (C=O) groups is 1. The first-order valence-corrected chi connectivity index (χ1v) is 8.62. The highest BCUT2D eigenvalue weighted by Crippen LogP contribution is 2.39. The van der Waals surface area contributed by atoms with Crippen LogP contribution in [0.3, 0.4) is 0 Å². The number of aliphatic hydroxyl groups is 1. The summed E-state index contributed by atoms with van der Waals surface area (Å²) >= 11 is 0. The summed E-state index contributed by atoms with van der Waals surface area (Å²) in [5.41, 5.74) is 4.33. The maximum atomic E-state index is 13.6. The molecular weight excluding hydrogens is 389 g/mol. The molecule has 2 aromatic rings. The number of anilines is 1. The fourth-order valence-corrected chi connectivity index (χ4v) is 2.98. The number of imidazole rings is 1. The summed E-state index contributed by atoms with van der Waals surface area (Å²) in [6, 6.07) is 0. The van der Waals surface area contributed by atoms with Gasteiger partial charge in [0.25, 0.3) is 0 Å². The van der Waals surface area contributed by atoms with Gasteiger partial charge in [-0.1, -0.05) is 5.92 Å². The zero-order valence-electron chi connectivity index (χ0n) is 15.6. The number of fused-ring (bicyclic) bond motifs is 1. The number of carbonyl (C=O) groups excluding carboxylic acids is 1. The molecule has 0 amide bonds. The van der Waals surface area contributed by atoms with Crippen molar-refractivity contribution in [3.8, 4) is 12.3 Å². The van der Waals surface area contributed by atoms with Gasteiger partial charge in [0.05, 0.1) is 26.1 Å². The second-order valence-corrected chi connectivity index (χ2v) is 6.23. The van der Waals surface area contributed by atoms with E-state index < -0.39 is 36.6 Å². The number of rotatable bonds is 8. The lowest BCUT2D eigenvalue weighted by Gasteiger charge is -2.26. The predicted octanol–water partition coefficient (Wildman–Crippen LogP) is -0.594. The second kappa shape index (κ2) is 8.66. The van der Waals surface area contributed by atoms with Crippen LogP contribution in [0.1, 0.15) is 12.6 Å². The maximum Gasteiger partial charge on any atom is 0.332 e. The minimum Gasteiger partial charge on any atom is -0.456 e. The van der Waals surface area contributed by atoms with E-state index in [1.54, 1.807) is 0 Å². The number of methoxy groups -OCH3 is 1. The van der Waals surface area contributed by atoms with Crippen molar-refractivity contribution in [2.75, 3.05) is 39.3 Å². The molecule has 1 saturated heterocycles. The average molecular weight is 409 g/mol. The average Bonchev–Trinajstić information content (AvgIpc) is 3.27. The predicted molar refractivity (Wildman–Crippen MR) is 95.7 cm³/mol. The Balaban J connectivity index is 1.80. The summed E-state index contributed by atoms with van der Waals surface area (Å²) in [5, 5.41) is 9.83. The van der Waals surface area contributed by atoms with Gasteiger partial charge in [-0.05, 0) is 0 Å². The van der Waals surface area contributed by atoms with Crippen LogP contribution in [0.25, 0.3) is 11.2 Å². The van der Waals surface area contributed by atoms with Crippen molar-refractivity contribution in [3.05, 3.63) is 12.4 Å². The Hall–Kier alpha value is -2.85. The molecule has 0 spiro atoms. The Morgan fingerprint density at radius 3 is 3.03 bits per heavy atom. The van der Waals surface area contributed by atoms with Crippen LogP contribution in [0, 0.1) is 18.4 Å². The van der Waals surface area contributed by atoms with Crippen LogP contribution in [0.5, 0.6) is 0 Å². The Morgan fingerprint density at radius 2 is 2.34 bits per heavy atom. The van der Waals surface area contributed by atoms with Crippen LogP contribution in [-0.4, -0.2) is 75.8 Å². The first-order valence-electron chi connectivity index (χ1n) is 8.62. The van der Waals surface area contributed by atoms with Crippen LogP contribution in [0.4, 0.5) is 10.2 Å². The molecule has 3 atom stereocenters. The maximum absolute atomic E-state index is 13.6. The number of aliphatic hydroxyl groups excluding tert-OH is 1. The van der Waals surface area contributed by atoms with Crippen molar-refractivity contribution in [2.45, 2.75) is 24.4 Å². The molecular formula is C17H20FN5O6. The van der Waals surface area contributed by atoms with Crippen LogP contribution in [0.2, 0.25) is 0 Å². The van der Waals surface area contributed by atoms with Gasteiger partial charge in [-0.2, -0.15) is 14.4 Å². The van der Waals surface area contributed by atoms with Crippen molar-refractivity contribution in [1.82, 2.24) is 19.5 Å². The topological polar surface area (TPSA) is 144 Å². The molecule has 3 rings (SSSR count). The lowest BCUT2D eigenvalue weighted by atomic mass is 9.98. The van der Waals surface area contributed by atoms with Crippen molar-refractivity contribution < 1.29 is 33.2 Å². The van der Waals surface area contributed by atoms with Crippen molar-refractivity contribution >= 4 is 23.0 Å². The zero-order valence-corrected chi connectivity index (χ0v) is 15.6. The highest BCUT2D eigenvalue weighted by atomic mass is 19.1. The SMILES string of the molecule is C#C[C@]1(CO)O[C@@H](n2cnc3c(N)nc(F)nc32)C[C@@H]1OC(=O)COCCOC. The molecule has 11 nitrogen and oxygen atoms in total. The molecule has 1 aliphatic rings. The number of esters is 1. The van der Waals surface area contributed by atoms with Crippen molar-refractivity contribution in [2.24, 2.45) is 0 Å². The third-order valence-electron chi connectivity index (χ3n) is 4.42. The van der Waals surface area contributed by atoms with Crippen LogP contribution in [-0.2, 0) is 23.7 Å². The summed E-state index contributed by atoms with van der Waals surface area (Å²) in [4.78, 5) is 23.2. The number of nitrogen functional groups attached to an aromatic ring is 1. The molecule has 0 aliphatic carbocycles. The largest absolute Gasteiger partial charge is 0.456 e. The Bertz CT molecular complexity index is 931. The Labute approximate surface area is 164 Å². The molecule has 0 saturated carbocycles. The fraction of sp³-hybridized carbons (Fsp3) is 0.529. The quantitative estimate of drug-likeness (QED) is 0.251. The van der Waals surface area contributed by atoms with E-state index in [1.165, 1.54) is 18.0 Å². The van der Waals surface area contributed by atoms with Gasteiger partial charge in [0.15, 0.2) is 22.6 Å². The van der Waals surface area contributed by atoms with Crippen LogP contribution in [0.15, 0.2) is 6.33 Å². The van der Waals surface area contributed by atoms with E-state index in [1.807, 2.05) is 0 Å². The third kappa shape index (κ3) is 4.13. The number of nitrogens with zero attached hydrogens (tertiary/aromatic N) is 4. The van der Waals surface area contributed by atoms with Gasteiger partial charge < -0.3 is 29.8 Å². The second-order valence-electron chi connectivity index (χ2n) is 6.23. The number of hydrogen-bond acceptors (Lipinski definition) is 10. The molecule has 0 radical (unpaired) electrons. The monoisotopic (exact) mass is 409 g/mol. The Morgan fingerprint density at radius 1 is 1.55 bits per heavy atom. The number of hydrogen-bond donors (Lipinski definition) is 2. The van der Waals surface area contributed by atoms with E-state index in [0.717, 1.165) is 0 Å². The molecule has 156 valence electrons. The minimum atomic E-state index is -1.60. The fourth-order valence-electron chi connectivity index (χ4n) is 2.98. The highest BCUT2D eigenvalue weighted by molar-refractivity contribution is 5.81. The molecule has 2 aromatic heterocycles. The lowest BCUT2D eigenvalue weighted by molar-refractivity contribution is -0.164. The van der Waals surface area contributed by atoms with Crippen LogP contribution >= 0.6 is 0 Å². The molecule has 3 N–H and O–H groups in total. The van der Waals surface area contributed by atoms with Gasteiger partial charge in [0, 0.05) is 13.5 Å². The van der Waals surface area contributed by atoms with E-state index in [-0.39, 0.29) is 36.6 Å². The molecule has 1 fully saturated rings. The number of nitrogens with two attached hydrogens (primary N) is 1. The van der Waals surface area contributed by atoms with Gasteiger partial charge in [0.1, 0.15) is 18.9 Å². The molecule has 29 heavy (non-hydrogen) atoms. The van der Waals surface area contributed by atoms with Crippen LogP contribution < -0.4 is 5.73 Å². The van der Waals surface area contributed by atoms with Gasteiger partial charge in [0.2, 0.25) is 0 Å². The zero-order chi connectivity index (χ0) is 21.0. The van der Waals surface area contributed by atoms with E-state index in [4.69, 9.17) is 31.1 Å². The smallest absolute Gasteiger partial charge is 0.332 e. The van der Waals surface area contributed by atoms with Gasteiger partial charge >= 0.3 is 12.0 Å². The molecule has 0 unspecified atom stereocenters. The standard InChI is InChI=1S/C17H20FN5O6/c1-3-17(8-24)10(28-12(25)7-27-5-4-26-2)6-11(29-17)23-9-20-13-14(19)21-16(18)22-15(13)23/h1,9-11,24H,4-8H2,2H3,(H2,19,21,22)/t10-,11+,17+/m0/s1. The number of terminal acetylenes is 1. The van der Waals surface area contributed by atoms with Gasteiger partial charge in [-0.25, -0.2) is 9.78 Å². The van der Waals surface area contributed by atoms with E-state index in [9.17, 15) is 14.3 Å². The molecule has 3 heterocycles. The molecule has 0 aromatic carbocycles. The minimum absolute atomic E-state index is 0.0611. The summed E-state index contributed by atoms with van der Waals surface area (Å²) in [6.07, 6.45) is 4.09. The first kappa shape index (κ1) is 20.9. The summed E-state index contributed by atoms with van der Waals surface area (Å²) in [5.74, 6) is 1.53. The number of halogens is 1. The lowest BCUT2D eigenvalue weighted by Crippen LogP contribution is -2.44. The Kier molecular flexibility index (Phi) is 6.23. The van der Waals surface area contributed by atoms with E-state index in [0.29, 0.717) is 6.61 Å². The third-order valence-corrected chi connectivity index (χ3v) is 4.42. The number of ether oxygens (including phenoxy) is 4. The number of aromatic nitrogens is 4. The summed E-state index contributed by atoms with van der Waals surface area (Å²) in [6.45, 7) is -0.397. The van der Waals surface area contributed by atoms with Crippen molar-refractivity contribution in [1.29, 1.82) is 0 Å². The van der Waals surface area contributed by atoms with E-state index >= 15 is 0 Å². The first-order chi connectivity index (χ1) is 13.9. The summed E-state index contributed by atoms with van der Waals surface area (Å²) < 4.78 is 36.1. The summed E-state index contributed by atoms with van der Waals surface area (Å²) in [7, 11) is 1.50. The molecule has 1 aliphatic heterocycles.